The molecule has 0 amide bonds. The second-order valence-electron chi connectivity index (χ2n) is 2.67. The fourth-order valence-electron chi connectivity index (χ4n) is 0.974. The van der Waals surface area contributed by atoms with Gasteiger partial charge in [-0.1, -0.05) is 0 Å². The summed E-state index contributed by atoms with van der Waals surface area (Å²) in [7, 11) is 1.37. The molecular formula is C9H16FNO4. The largest absolute Gasteiger partial charge is 0.465 e. The summed E-state index contributed by atoms with van der Waals surface area (Å²) in [5.74, 6) is -1.87. The van der Waals surface area contributed by atoms with Gasteiger partial charge in [0.1, 0.15) is 6.04 Å². The SMILES string of the molecule is CCOC(=O)C(F)C(NC)C(=O)OCC. The Balaban J connectivity index is 4.38. The van der Waals surface area contributed by atoms with Gasteiger partial charge in [0.2, 0.25) is 6.17 Å². The highest BCUT2D eigenvalue weighted by atomic mass is 19.1. The molecule has 0 heterocycles. The number of carbonyl (C=O) groups is 2. The first-order valence-corrected chi connectivity index (χ1v) is 4.73. The molecular weight excluding hydrogens is 205 g/mol. The second kappa shape index (κ2) is 7.17. The number of likely N-dealkylation sites (N-methyl/N-ethyl adjacent to an activating group) is 1. The molecule has 5 nitrogen and oxygen atoms in total. The lowest BCUT2D eigenvalue weighted by atomic mass is 10.2. The van der Waals surface area contributed by atoms with Crippen molar-refractivity contribution >= 4 is 11.9 Å². The van der Waals surface area contributed by atoms with Crippen molar-refractivity contribution < 1.29 is 23.5 Å². The predicted molar refractivity (Wildman–Crippen MR) is 51.0 cm³/mol. The molecule has 0 saturated carbocycles. The van der Waals surface area contributed by atoms with Crippen LogP contribution in [0.2, 0.25) is 0 Å². The van der Waals surface area contributed by atoms with Gasteiger partial charge in [-0.25, -0.2) is 9.18 Å². The number of nitrogens with one attached hydrogen (secondary N) is 1. The smallest absolute Gasteiger partial charge is 0.343 e. The third kappa shape index (κ3) is 4.24. The highest BCUT2D eigenvalue weighted by molar-refractivity contribution is 5.86. The van der Waals surface area contributed by atoms with Crippen molar-refractivity contribution in [3.05, 3.63) is 0 Å². The van der Waals surface area contributed by atoms with E-state index in [2.05, 4.69) is 14.8 Å². The topological polar surface area (TPSA) is 64.6 Å². The van der Waals surface area contributed by atoms with Crippen LogP contribution in [0, 0.1) is 0 Å². The molecule has 0 saturated heterocycles. The van der Waals surface area contributed by atoms with Crippen LogP contribution < -0.4 is 5.32 Å². The summed E-state index contributed by atoms with van der Waals surface area (Å²) >= 11 is 0. The Morgan fingerprint density at radius 2 is 1.67 bits per heavy atom. The Bertz CT molecular complexity index is 222. The Morgan fingerprint density at radius 1 is 1.20 bits per heavy atom. The monoisotopic (exact) mass is 221 g/mol. The van der Waals surface area contributed by atoms with Crippen molar-refractivity contribution in [3.8, 4) is 0 Å². The average Bonchev–Trinajstić information content (AvgIpc) is 2.19. The molecule has 1 N–H and O–H groups in total. The van der Waals surface area contributed by atoms with Gasteiger partial charge in [-0.3, -0.25) is 4.79 Å². The molecule has 0 rings (SSSR count). The maximum atomic E-state index is 13.4. The number of carbonyl (C=O) groups excluding carboxylic acids is 2. The summed E-state index contributed by atoms with van der Waals surface area (Å²) in [6, 6.07) is -1.32. The van der Waals surface area contributed by atoms with E-state index in [1.807, 2.05) is 0 Å². The number of hydrogen-bond acceptors (Lipinski definition) is 5. The quantitative estimate of drug-likeness (QED) is 0.641. The molecule has 0 aromatic carbocycles. The summed E-state index contributed by atoms with van der Waals surface area (Å²) < 4.78 is 22.4. The number of hydrogen-bond donors (Lipinski definition) is 1. The first-order valence-electron chi connectivity index (χ1n) is 4.73. The van der Waals surface area contributed by atoms with Crippen molar-refractivity contribution in [1.82, 2.24) is 5.32 Å². The van der Waals surface area contributed by atoms with E-state index in [-0.39, 0.29) is 13.2 Å². The van der Waals surface area contributed by atoms with Crippen LogP contribution in [0.15, 0.2) is 0 Å². The molecule has 0 aliphatic heterocycles. The minimum Gasteiger partial charge on any atom is -0.465 e. The standard InChI is InChI=1S/C9H16FNO4/c1-4-14-8(12)6(10)7(11-3)9(13)15-5-2/h6-7,11H,4-5H2,1-3H3. The molecule has 0 fully saturated rings. The van der Waals surface area contributed by atoms with Crippen molar-refractivity contribution in [3.63, 3.8) is 0 Å². The van der Waals surface area contributed by atoms with Crippen LogP contribution in [0.1, 0.15) is 13.8 Å². The highest BCUT2D eigenvalue weighted by Crippen LogP contribution is 2.04. The van der Waals surface area contributed by atoms with Crippen LogP contribution in [0.3, 0.4) is 0 Å². The van der Waals surface area contributed by atoms with Crippen molar-refractivity contribution in [2.45, 2.75) is 26.1 Å². The van der Waals surface area contributed by atoms with E-state index in [1.54, 1.807) is 13.8 Å². The van der Waals surface area contributed by atoms with E-state index in [4.69, 9.17) is 0 Å². The zero-order chi connectivity index (χ0) is 11.8. The zero-order valence-electron chi connectivity index (χ0n) is 9.08. The molecule has 2 atom stereocenters. The van der Waals surface area contributed by atoms with Gasteiger partial charge in [0.05, 0.1) is 13.2 Å². The summed E-state index contributed by atoms with van der Waals surface area (Å²) in [5, 5.41) is 2.38. The lowest BCUT2D eigenvalue weighted by Crippen LogP contribution is -2.47. The third-order valence-electron chi connectivity index (χ3n) is 1.66. The van der Waals surface area contributed by atoms with Gasteiger partial charge in [-0.15, -0.1) is 0 Å². The molecule has 15 heavy (non-hydrogen) atoms. The molecule has 0 aromatic heterocycles. The van der Waals surface area contributed by atoms with Gasteiger partial charge in [0.25, 0.3) is 0 Å². The zero-order valence-corrected chi connectivity index (χ0v) is 9.08. The van der Waals surface area contributed by atoms with Crippen LogP contribution in [0.5, 0.6) is 0 Å². The summed E-state index contributed by atoms with van der Waals surface area (Å²) in [6.07, 6.45) is -2.05. The first-order chi connectivity index (χ1) is 7.08. The lowest BCUT2D eigenvalue weighted by molar-refractivity contribution is -0.158. The number of ether oxygens (including phenoxy) is 2. The maximum Gasteiger partial charge on any atom is 0.343 e. The van der Waals surface area contributed by atoms with E-state index >= 15 is 0 Å². The van der Waals surface area contributed by atoms with Crippen LogP contribution in [0.4, 0.5) is 4.39 Å². The normalized spacial score (nSPS) is 14.1. The van der Waals surface area contributed by atoms with Gasteiger partial charge >= 0.3 is 11.9 Å². The predicted octanol–water partition coefficient (Wildman–Crippen LogP) is 0.0387. The fraction of sp³-hybridized carbons (Fsp3) is 0.778. The first kappa shape index (κ1) is 13.8. The molecule has 0 aliphatic rings. The molecule has 6 heteroatoms. The molecule has 0 spiro atoms. The number of alkyl halides is 1. The van der Waals surface area contributed by atoms with Gasteiger partial charge < -0.3 is 14.8 Å². The van der Waals surface area contributed by atoms with Crippen molar-refractivity contribution in [2.24, 2.45) is 0 Å². The highest BCUT2D eigenvalue weighted by Gasteiger charge is 2.34. The summed E-state index contributed by atoms with van der Waals surface area (Å²) in [6.45, 7) is 3.36. The maximum absolute atomic E-state index is 13.4. The Hall–Kier alpha value is -1.17. The minimum absolute atomic E-state index is 0.0680. The van der Waals surface area contributed by atoms with Gasteiger partial charge in [0, 0.05) is 0 Å². The van der Waals surface area contributed by atoms with Crippen LogP contribution in [0.25, 0.3) is 0 Å². The van der Waals surface area contributed by atoms with E-state index in [0.717, 1.165) is 0 Å². The molecule has 0 aromatic rings. The van der Waals surface area contributed by atoms with Crippen LogP contribution >= 0.6 is 0 Å². The minimum atomic E-state index is -2.05. The van der Waals surface area contributed by atoms with E-state index < -0.39 is 24.2 Å². The molecule has 88 valence electrons. The van der Waals surface area contributed by atoms with E-state index in [9.17, 15) is 14.0 Å². The van der Waals surface area contributed by atoms with Crippen molar-refractivity contribution in [1.29, 1.82) is 0 Å². The van der Waals surface area contributed by atoms with E-state index in [0.29, 0.717) is 0 Å². The Morgan fingerprint density at radius 3 is 2.07 bits per heavy atom. The van der Waals surface area contributed by atoms with Gasteiger partial charge in [0.15, 0.2) is 0 Å². The Kier molecular flexibility index (Phi) is 6.61. The number of esters is 2. The molecule has 0 radical (unpaired) electrons. The summed E-state index contributed by atoms with van der Waals surface area (Å²) in [5.41, 5.74) is 0. The van der Waals surface area contributed by atoms with Gasteiger partial charge in [-0.05, 0) is 20.9 Å². The van der Waals surface area contributed by atoms with Crippen LogP contribution in [-0.4, -0.2) is 44.4 Å². The average molecular weight is 221 g/mol. The number of halogens is 1. The second-order valence-corrected chi connectivity index (χ2v) is 2.67. The summed E-state index contributed by atoms with van der Waals surface area (Å²) in [4.78, 5) is 22.2. The fourth-order valence-corrected chi connectivity index (χ4v) is 0.974. The molecule has 0 bridgehead atoms. The van der Waals surface area contributed by atoms with Crippen LogP contribution in [-0.2, 0) is 19.1 Å². The van der Waals surface area contributed by atoms with Crippen molar-refractivity contribution in [2.75, 3.05) is 20.3 Å². The third-order valence-corrected chi connectivity index (χ3v) is 1.66. The number of rotatable bonds is 6. The Labute approximate surface area is 87.9 Å². The van der Waals surface area contributed by atoms with Gasteiger partial charge in [-0.2, -0.15) is 0 Å². The molecule has 2 unspecified atom stereocenters. The van der Waals surface area contributed by atoms with E-state index in [1.165, 1.54) is 7.05 Å². The molecule has 0 aliphatic carbocycles. The lowest BCUT2D eigenvalue weighted by Gasteiger charge is -2.17.